The number of hydrogen-bond donors (Lipinski definition) is 2. The number of nitrogens with zero attached hydrogens (tertiary/aromatic N) is 5. The van der Waals surface area contributed by atoms with E-state index in [1.807, 2.05) is 24.3 Å². The molecule has 7 rings (SSSR count). The van der Waals surface area contributed by atoms with Crippen molar-refractivity contribution in [1.82, 2.24) is 29.2 Å². The number of aromatic amines is 1. The molecule has 2 amide bonds. The number of anilines is 1. The highest BCUT2D eigenvalue weighted by molar-refractivity contribution is 6.33. The number of pyridine rings is 1. The maximum atomic E-state index is 14.1. The van der Waals surface area contributed by atoms with Crippen molar-refractivity contribution in [2.24, 2.45) is 0 Å². The third-order valence-electron chi connectivity index (χ3n) is 10.9. The molecule has 0 aliphatic carbocycles. The Morgan fingerprint density at radius 1 is 0.981 bits per heavy atom. The van der Waals surface area contributed by atoms with Crippen LogP contribution in [0.1, 0.15) is 62.1 Å². The summed E-state index contributed by atoms with van der Waals surface area (Å²) in [5, 5.41) is 3.21. The zero-order chi connectivity index (χ0) is 36.6. The third-order valence-corrected chi connectivity index (χ3v) is 11.2. The molecule has 0 saturated carbocycles. The van der Waals surface area contributed by atoms with Crippen molar-refractivity contribution in [1.29, 1.82) is 0 Å². The first-order valence-corrected chi connectivity index (χ1v) is 18.4. The molecule has 3 fully saturated rings. The first kappa shape index (κ1) is 36.1. The van der Waals surface area contributed by atoms with Crippen molar-refractivity contribution >= 4 is 51.2 Å². The van der Waals surface area contributed by atoms with Gasteiger partial charge in [-0.1, -0.05) is 36.2 Å². The van der Waals surface area contributed by atoms with Crippen LogP contribution in [-0.2, 0) is 22.1 Å². The molecule has 3 aliphatic rings. The van der Waals surface area contributed by atoms with Crippen LogP contribution in [0.15, 0.2) is 47.4 Å². The second-order valence-corrected chi connectivity index (χ2v) is 14.4. The first-order chi connectivity index (χ1) is 25.0. The van der Waals surface area contributed by atoms with E-state index in [0.29, 0.717) is 43.0 Å². The molecule has 11 nitrogen and oxygen atoms in total. The van der Waals surface area contributed by atoms with Crippen molar-refractivity contribution in [2.45, 2.75) is 75.7 Å². The number of rotatable bonds is 7. The predicted octanol–water partition coefficient (Wildman–Crippen LogP) is 6.45. The number of imidazole rings is 1. The van der Waals surface area contributed by atoms with Gasteiger partial charge < -0.3 is 29.7 Å². The molecule has 3 aliphatic heterocycles. The van der Waals surface area contributed by atoms with Crippen LogP contribution in [0.3, 0.4) is 0 Å². The highest BCUT2D eigenvalue weighted by Gasteiger charge is 2.38. The van der Waals surface area contributed by atoms with Crippen molar-refractivity contribution in [3.8, 4) is 0 Å². The van der Waals surface area contributed by atoms with E-state index in [2.05, 4.69) is 20.2 Å². The molecule has 0 spiro atoms. The third kappa shape index (κ3) is 7.32. The van der Waals surface area contributed by atoms with E-state index in [9.17, 15) is 27.6 Å². The molecule has 4 aromatic rings. The smallest absolute Gasteiger partial charge is 0.418 e. The zero-order valence-corrected chi connectivity index (χ0v) is 29.8. The number of ether oxygens (including phenoxy) is 1. The lowest BCUT2D eigenvalue weighted by atomic mass is 9.98. The summed E-state index contributed by atoms with van der Waals surface area (Å²) in [5.74, 6) is -0.437. The van der Waals surface area contributed by atoms with Gasteiger partial charge in [0.15, 0.2) is 6.10 Å². The van der Waals surface area contributed by atoms with Gasteiger partial charge in [-0.25, -0.2) is 9.59 Å². The molecular weight excluding hydrogens is 699 g/mol. The lowest BCUT2D eigenvalue weighted by Crippen LogP contribution is -2.52. The Hall–Kier alpha value is -4.30. The van der Waals surface area contributed by atoms with Crippen molar-refractivity contribution < 1.29 is 27.5 Å². The van der Waals surface area contributed by atoms with Gasteiger partial charge in [-0.15, -0.1) is 0 Å². The fourth-order valence-corrected chi connectivity index (χ4v) is 8.51. The van der Waals surface area contributed by atoms with Crippen molar-refractivity contribution in [3.05, 3.63) is 69.2 Å². The van der Waals surface area contributed by atoms with E-state index in [0.717, 1.165) is 55.7 Å². The minimum Gasteiger partial charge on any atom is -0.436 e. The Bertz CT molecular complexity index is 1990. The molecule has 15 heteroatoms. The molecule has 52 heavy (non-hydrogen) atoms. The van der Waals surface area contributed by atoms with Gasteiger partial charge in [0, 0.05) is 57.1 Å². The molecule has 0 radical (unpaired) electrons. The summed E-state index contributed by atoms with van der Waals surface area (Å²) in [6.07, 6.45) is 0.631. The van der Waals surface area contributed by atoms with Gasteiger partial charge >= 0.3 is 18.0 Å². The number of H-pyrrole nitrogens is 1. The van der Waals surface area contributed by atoms with E-state index < -0.39 is 29.8 Å². The summed E-state index contributed by atoms with van der Waals surface area (Å²) in [6.45, 7) is 3.54. The number of benzene rings is 2. The molecule has 278 valence electrons. The molecule has 2 aromatic heterocycles. The zero-order valence-electron chi connectivity index (χ0n) is 29.1. The molecule has 0 bridgehead atoms. The van der Waals surface area contributed by atoms with Gasteiger partial charge in [-0.2, -0.15) is 13.2 Å². The number of carbonyl (C=O) groups excluding carboxylic acids is 2. The van der Waals surface area contributed by atoms with Crippen molar-refractivity contribution in [3.63, 3.8) is 0 Å². The summed E-state index contributed by atoms with van der Waals surface area (Å²) in [4.78, 5) is 54.0. The highest BCUT2D eigenvalue weighted by Crippen LogP contribution is 2.40. The minimum absolute atomic E-state index is 0.129. The van der Waals surface area contributed by atoms with Gasteiger partial charge in [-0.05, 0) is 75.4 Å². The summed E-state index contributed by atoms with van der Waals surface area (Å²) in [5.41, 5.74) is 0.797. The number of fused-ring (bicyclic) bond motifs is 3. The number of nitrogens with one attached hydrogen (secondary N) is 2. The largest absolute Gasteiger partial charge is 0.436 e. The van der Waals surface area contributed by atoms with Crippen molar-refractivity contribution in [2.75, 3.05) is 51.6 Å². The van der Waals surface area contributed by atoms with Crippen LogP contribution in [-0.4, -0.2) is 99.7 Å². The second kappa shape index (κ2) is 15.0. The van der Waals surface area contributed by atoms with Crippen LogP contribution in [0.25, 0.3) is 21.9 Å². The fraction of sp³-hybridized carbons (Fsp3) is 0.514. The molecule has 5 heterocycles. The van der Waals surface area contributed by atoms with E-state index in [1.54, 1.807) is 15.7 Å². The number of carbonyl (C=O) groups is 2. The lowest BCUT2D eigenvalue weighted by Gasteiger charge is -2.41. The number of alkyl halides is 3. The Kier molecular flexibility index (Phi) is 10.4. The fourth-order valence-electron chi connectivity index (χ4n) is 8.18. The summed E-state index contributed by atoms with van der Waals surface area (Å²) in [7, 11) is 1.36. The van der Waals surface area contributed by atoms with Crippen LogP contribution < -0.4 is 11.0 Å². The number of amides is 2. The second-order valence-electron chi connectivity index (χ2n) is 14.0. The highest BCUT2D eigenvalue weighted by atomic mass is 35.5. The number of likely N-dealkylation sites (tertiary alicyclic amines) is 3. The Morgan fingerprint density at radius 2 is 1.65 bits per heavy atom. The Morgan fingerprint density at radius 3 is 2.35 bits per heavy atom. The normalized spacial score (nSPS) is 18.9. The monoisotopic (exact) mass is 741 g/mol. The molecule has 3 saturated heterocycles. The topological polar surface area (TPSA) is 116 Å². The Labute approximate surface area is 304 Å². The molecule has 0 unspecified atom stereocenters. The predicted molar refractivity (Wildman–Crippen MR) is 193 cm³/mol. The minimum atomic E-state index is -4.70. The number of piperidine rings is 3. The van der Waals surface area contributed by atoms with Crippen LogP contribution >= 0.6 is 11.6 Å². The maximum absolute atomic E-state index is 14.1. The van der Waals surface area contributed by atoms with Crippen LogP contribution in [0.4, 0.5) is 23.7 Å². The van der Waals surface area contributed by atoms with E-state index in [4.69, 9.17) is 16.3 Å². The van der Waals surface area contributed by atoms with E-state index >= 15 is 0 Å². The summed E-state index contributed by atoms with van der Waals surface area (Å²) < 4.78 is 49.7. The number of para-hydroxylation sites is 1. The molecular formula is C37H43ClF3N7O4. The van der Waals surface area contributed by atoms with Gasteiger partial charge in [0.2, 0.25) is 0 Å². The van der Waals surface area contributed by atoms with Gasteiger partial charge in [0.1, 0.15) is 0 Å². The summed E-state index contributed by atoms with van der Waals surface area (Å²) >= 11 is 6.29. The maximum Gasteiger partial charge on any atom is 0.418 e. The van der Waals surface area contributed by atoms with Crippen LogP contribution in [0.2, 0.25) is 5.02 Å². The SMILES string of the molecule is CNc1c(Cl)cc(C[C@@H](OC(=O)N2CCC(n3c(=O)[nH]c4c5ccccc5ncc43)CC2)C(=O)N2CCC(N3CCCCC3)CC2)cc1C(F)(F)F. The van der Waals surface area contributed by atoms with Gasteiger partial charge in [-0.3, -0.25) is 14.3 Å². The quantitative estimate of drug-likeness (QED) is 0.224. The molecule has 2 aromatic carbocycles. The number of halogens is 4. The average Bonchev–Trinajstić information content (AvgIpc) is 3.50. The van der Waals surface area contributed by atoms with E-state index in [1.165, 1.54) is 24.4 Å². The standard InChI is InChI=1S/C37H43ClF3N7O4/c1-42-33-27(37(39,40)41)19-23(20-28(33)38)21-31(34(49)46-15-9-24(10-16-46)45-13-5-2-6-14-45)52-36(51)47-17-11-25(12-18-47)48-30-22-43-29-8-4-3-7-26(29)32(30)44-35(48)50/h3-4,7-8,19-20,22,24-25,31,42H,2,5-6,9-18,21H2,1H3,(H,44,50)/t31-/m1/s1. The molecule has 2 N–H and O–H groups in total. The number of hydrogen-bond acceptors (Lipinski definition) is 7. The number of aromatic nitrogens is 3. The van der Waals surface area contributed by atoms with Crippen LogP contribution in [0.5, 0.6) is 0 Å². The van der Waals surface area contributed by atoms with Gasteiger partial charge in [0.05, 0.1) is 39.0 Å². The lowest BCUT2D eigenvalue weighted by molar-refractivity contribution is -0.142. The Balaban J connectivity index is 1.07. The van der Waals surface area contributed by atoms with E-state index in [-0.39, 0.29) is 47.5 Å². The molecule has 1 atom stereocenters. The van der Waals surface area contributed by atoms with Crippen LogP contribution in [0, 0.1) is 0 Å². The van der Waals surface area contributed by atoms with Gasteiger partial charge in [0.25, 0.3) is 5.91 Å². The summed E-state index contributed by atoms with van der Waals surface area (Å²) in [6, 6.07) is 10.1. The first-order valence-electron chi connectivity index (χ1n) is 18.1. The average molecular weight is 742 g/mol.